The maximum atomic E-state index is 11.8. The third-order valence-corrected chi connectivity index (χ3v) is 2.81. The molecule has 1 aromatic rings. The molecule has 5 nitrogen and oxygen atoms in total. The summed E-state index contributed by atoms with van der Waals surface area (Å²) < 4.78 is 10.4. The summed E-state index contributed by atoms with van der Waals surface area (Å²) in [5.41, 5.74) is 0.233. The van der Waals surface area contributed by atoms with E-state index < -0.39 is 17.6 Å². The van der Waals surface area contributed by atoms with Crippen molar-refractivity contribution in [3.8, 4) is 0 Å². The van der Waals surface area contributed by atoms with Gasteiger partial charge in [0.2, 0.25) is 5.90 Å². The minimum absolute atomic E-state index is 0.141. The van der Waals surface area contributed by atoms with Gasteiger partial charge in [0.1, 0.15) is 5.60 Å². The average Bonchev–Trinajstić information content (AvgIpc) is 2.77. The lowest BCUT2D eigenvalue weighted by Crippen LogP contribution is -2.25. The molecule has 0 bridgehead atoms. The number of nitrogens with zero attached hydrogens (tertiary/aromatic N) is 1. The summed E-state index contributed by atoms with van der Waals surface area (Å²) in [7, 11) is 0. The topological polar surface area (TPSA) is 65.0 Å². The second-order valence-electron chi connectivity index (χ2n) is 5.86. The van der Waals surface area contributed by atoms with Crippen LogP contribution in [0, 0.1) is 0 Å². The maximum Gasteiger partial charge on any atom is 0.337 e. The zero-order chi connectivity index (χ0) is 15.5. The van der Waals surface area contributed by atoms with Crippen LogP contribution in [-0.2, 0) is 19.1 Å². The van der Waals surface area contributed by atoms with Crippen molar-refractivity contribution in [3.63, 3.8) is 0 Å². The van der Waals surface area contributed by atoms with Crippen molar-refractivity contribution >= 4 is 17.8 Å². The van der Waals surface area contributed by atoms with E-state index in [-0.39, 0.29) is 12.4 Å². The van der Waals surface area contributed by atoms with Crippen LogP contribution < -0.4 is 0 Å². The monoisotopic (exact) mass is 289 g/mol. The molecule has 0 saturated heterocycles. The lowest BCUT2D eigenvalue weighted by Gasteiger charge is -2.19. The predicted molar refractivity (Wildman–Crippen MR) is 77.9 cm³/mol. The van der Waals surface area contributed by atoms with Gasteiger partial charge in [-0.15, -0.1) is 0 Å². The molecular weight excluding hydrogens is 270 g/mol. The Morgan fingerprint density at radius 2 is 1.95 bits per heavy atom. The highest BCUT2D eigenvalue weighted by molar-refractivity contribution is 6.06. The van der Waals surface area contributed by atoms with Gasteiger partial charge in [-0.3, -0.25) is 4.79 Å². The number of esters is 2. The number of benzene rings is 1. The molecule has 0 amide bonds. The lowest BCUT2D eigenvalue weighted by molar-refractivity contribution is -0.155. The molecule has 21 heavy (non-hydrogen) atoms. The van der Waals surface area contributed by atoms with Crippen LogP contribution in [0.25, 0.3) is 0 Å². The average molecular weight is 289 g/mol. The lowest BCUT2D eigenvalue weighted by atomic mass is 10.1. The van der Waals surface area contributed by atoms with Crippen LogP contribution in [0.1, 0.15) is 39.2 Å². The van der Waals surface area contributed by atoms with Crippen molar-refractivity contribution < 1.29 is 19.1 Å². The molecule has 5 heteroatoms. The van der Waals surface area contributed by atoms with Gasteiger partial charge < -0.3 is 9.47 Å². The highest BCUT2D eigenvalue weighted by Crippen LogP contribution is 2.18. The van der Waals surface area contributed by atoms with Gasteiger partial charge in [-0.1, -0.05) is 18.2 Å². The number of carbonyl (C=O) groups excluding carboxylic acids is 2. The Balaban J connectivity index is 1.94. The van der Waals surface area contributed by atoms with Gasteiger partial charge in [-0.2, -0.15) is 0 Å². The largest absolute Gasteiger partial charge is 0.460 e. The summed E-state index contributed by atoms with van der Waals surface area (Å²) in [4.78, 5) is 27.7. The van der Waals surface area contributed by atoms with Crippen LogP contribution in [0.15, 0.2) is 35.3 Å². The molecule has 1 aliphatic heterocycles. The number of hydrogen-bond acceptors (Lipinski definition) is 5. The van der Waals surface area contributed by atoms with E-state index >= 15 is 0 Å². The first kappa shape index (κ1) is 15.2. The number of carbonyl (C=O) groups is 2. The molecule has 0 fully saturated rings. The Hall–Kier alpha value is -2.17. The number of aliphatic imine (C=N–C) groups is 1. The van der Waals surface area contributed by atoms with Gasteiger partial charge in [-0.25, -0.2) is 9.79 Å². The summed E-state index contributed by atoms with van der Waals surface area (Å²) in [6, 6.07) is 8.58. The fourth-order valence-corrected chi connectivity index (χ4v) is 1.93. The molecule has 0 aromatic heterocycles. The van der Waals surface area contributed by atoms with Crippen molar-refractivity contribution in [2.75, 3.05) is 0 Å². The van der Waals surface area contributed by atoms with Gasteiger partial charge in [-0.05, 0) is 39.3 Å². The normalized spacial score (nSPS) is 18.1. The molecule has 1 aliphatic rings. The second kappa shape index (κ2) is 6.08. The highest BCUT2D eigenvalue weighted by Gasteiger charge is 2.30. The molecule has 112 valence electrons. The zero-order valence-electron chi connectivity index (χ0n) is 12.5. The molecule has 0 unspecified atom stereocenters. The molecule has 1 heterocycles. The van der Waals surface area contributed by atoms with Gasteiger partial charge >= 0.3 is 11.9 Å². The highest BCUT2D eigenvalue weighted by atomic mass is 16.6. The molecule has 1 aromatic carbocycles. The standard InChI is InChI=1S/C16H19NO4/c1-16(2,3)21-13(18)10-9-12-15(19)20-14(17-12)11-7-5-4-6-8-11/h4-8,12H,9-10H2,1-3H3/t12-/m0/s1. The van der Waals surface area contributed by atoms with Crippen LogP contribution in [0.2, 0.25) is 0 Å². The third-order valence-electron chi connectivity index (χ3n) is 2.81. The van der Waals surface area contributed by atoms with Gasteiger partial charge in [0.25, 0.3) is 0 Å². The third kappa shape index (κ3) is 4.41. The van der Waals surface area contributed by atoms with E-state index in [2.05, 4.69) is 4.99 Å². The quantitative estimate of drug-likeness (QED) is 0.799. The molecule has 0 spiro atoms. The molecule has 1 atom stereocenters. The predicted octanol–water partition coefficient (Wildman–Crippen LogP) is 2.48. The maximum absolute atomic E-state index is 11.8. The second-order valence-corrected chi connectivity index (χ2v) is 5.86. The Labute approximate surface area is 124 Å². The molecule has 0 radical (unpaired) electrons. The summed E-state index contributed by atoms with van der Waals surface area (Å²) in [5.74, 6) is -0.439. The van der Waals surface area contributed by atoms with E-state index in [0.29, 0.717) is 12.3 Å². The smallest absolute Gasteiger partial charge is 0.337 e. The molecular formula is C16H19NO4. The van der Waals surface area contributed by atoms with Crippen molar-refractivity contribution in [1.29, 1.82) is 0 Å². The van der Waals surface area contributed by atoms with E-state index in [1.807, 2.05) is 30.3 Å². The Kier molecular flexibility index (Phi) is 4.40. The van der Waals surface area contributed by atoms with E-state index in [4.69, 9.17) is 9.47 Å². The number of hydrogen-bond donors (Lipinski definition) is 0. The van der Waals surface area contributed by atoms with Crippen molar-refractivity contribution in [2.45, 2.75) is 45.3 Å². The van der Waals surface area contributed by atoms with Gasteiger partial charge in [0.15, 0.2) is 6.04 Å². The van der Waals surface area contributed by atoms with Gasteiger partial charge in [0, 0.05) is 12.0 Å². The summed E-state index contributed by atoms with van der Waals surface area (Å²) in [6.45, 7) is 5.42. The number of rotatable bonds is 4. The van der Waals surface area contributed by atoms with Crippen LogP contribution in [-0.4, -0.2) is 29.5 Å². The van der Waals surface area contributed by atoms with Crippen molar-refractivity contribution in [2.24, 2.45) is 4.99 Å². The minimum Gasteiger partial charge on any atom is -0.460 e. The van der Waals surface area contributed by atoms with E-state index in [1.165, 1.54) is 0 Å². The van der Waals surface area contributed by atoms with Crippen molar-refractivity contribution in [3.05, 3.63) is 35.9 Å². The van der Waals surface area contributed by atoms with E-state index in [9.17, 15) is 9.59 Å². The number of cyclic esters (lactones) is 1. The van der Waals surface area contributed by atoms with Crippen molar-refractivity contribution in [1.82, 2.24) is 0 Å². The summed E-state index contributed by atoms with van der Waals surface area (Å²) in [5, 5.41) is 0. The van der Waals surface area contributed by atoms with Crippen LogP contribution >= 0.6 is 0 Å². The molecule has 2 rings (SSSR count). The SMILES string of the molecule is CC(C)(C)OC(=O)CC[C@@H]1N=C(c2ccccc2)OC1=O. The zero-order valence-corrected chi connectivity index (χ0v) is 12.5. The fourth-order valence-electron chi connectivity index (χ4n) is 1.93. The minimum atomic E-state index is -0.632. The van der Waals surface area contributed by atoms with Gasteiger partial charge in [0.05, 0.1) is 0 Å². The number of ether oxygens (including phenoxy) is 2. The summed E-state index contributed by atoms with van der Waals surface area (Å²) >= 11 is 0. The van der Waals surface area contributed by atoms with Crippen LogP contribution in [0.3, 0.4) is 0 Å². The first-order valence-electron chi connectivity index (χ1n) is 6.92. The summed E-state index contributed by atoms with van der Waals surface area (Å²) in [6.07, 6.45) is 0.437. The first-order chi connectivity index (χ1) is 9.85. The fraction of sp³-hybridized carbons (Fsp3) is 0.438. The van der Waals surface area contributed by atoms with Crippen LogP contribution in [0.5, 0.6) is 0 Å². The Morgan fingerprint density at radius 1 is 1.29 bits per heavy atom. The molecule has 0 aliphatic carbocycles. The van der Waals surface area contributed by atoms with E-state index in [0.717, 1.165) is 5.56 Å². The Morgan fingerprint density at radius 3 is 2.57 bits per heavy atom. The molecule has 0 saturated carbocycles. The van der Waals surface area contributed by atoms with Crippen LogP contribution in [0.4, 0.5) is 0 Å². The molecule has 0 N–H and O–H groups in total. The Bertz CT molecular complexity index is 557. The van der Waals surface area contributed by atoms with E-state index in [1.54, 1.807) is 20.8 Å². The first-order valence-corrected chi connectivity index (χ1v) is 6.92.